The number of rotatable bonds is 7. The maximum Gasteiger partial charge on any atom is 0.305 e. The number of fused-ring (bicyclic) bond motifs is 8. The molecule has 0 saturated heterocycles. The molecule has 0 aliphatic heterocycles. The second-order valence-corrected chi connectivity index (χ2v) is 18.4. The molecule has 0 bridgehead atoms. The summed E-state index contributed by atoms with van der Waals surface area (Å²) in [4.78, 5) is 24.2. The third-order valence-corrected chi connectivity index (χ3v) is 16.2. The van der Waals surface area contributed by atoms with Crippen LogP contribution in [0.15, 0.2) is 48.5 Å². The standard InChI is InChI=1S/C41H57N2O5P/c1-26(16-21-39(45)46-7)33-19-20-34-32-18-17-28-24-29(47-27(2)44)22-23-40(28,3)35(32)25-38(41(33,34)4)48-49-42(5)36-14-10-8-12-30(36)31-13-9-11-15-37(31)43(49)6/h8-15,26,28-29,32-35,38H,16-25H2,1-7H3/t26-,28-,29-,32+,33-,34+,35+,38+,40+,41-/m1/s1. The molecule has 0 unspecified atom stereocenters. The van der Waals surface area contributed by atoms with E-state index in [4.69, 9.17) is 14.0 Å². The summed E-state index contributed by atoms with van der Waals surface area (Å²) in [6.45, 7) is 9.08. The average Bonchev–Trinajstić information content (AvgIpc) is 3.43. The van der Waals surface area contributed by atoms with Gasteiger partial charge in [0.15, 0.2) is 8.08 Å². The summed E-state index contributed by atoms with van der Waals surface area (Å²) < 4.78 is 23.5. The zero-order valence-electron chi connectivity index (χ0n) is 30.7. The van der Waals surface area contributed by atoms with Gasteiger partial charge in [0.25, 0.3) is 0 Å². The van der Waals surface area contributed by atoms with Gasteiger partial charge in [0.05, 0.1) is 24.2 Å². The van der Waals surface area contributed by atoms with Gasteiger partial charge in [0.1, 0.15) is 6.10 Å². The number of aryl methyl sites for hydroxylation is 2. The average molecular weight is 689 g/mol. The highest BCUT2D eigenvalue weighted by Gasteiger charge is 2.64. The molecule has 0 radical (unpaired) electrons. The van der Waals surface area contributed by atoms with Crippen molar-refractivity contribution >= 4 is 41.8 Å². The van der Waals surface area contributed by atoms with Gasteiger partial charge in [-0.25, -0.2) is 0 Å². The second kappa shape index (κ2) is 13.4. The molecule has 7 nitrogen and oxygen atoms in total. The Kier molecular flexibility index (Phi) is 9.49. The monoisotopic (exact) mass is 688 g/mol. The minimum Gasteiger partial charge on any atom is -0.469 e. The SMILES string of the molecule is COC(=O)CC[C@@H](C)[C@H]1CC[C@H]2[C@@H]3CC[C@@H]4C[C@H](OC(C)=O)CC[C@]4(C)[C@H]3C[C@H](Op3n(C)c4ccccc4c4ccccc4n3C)[C@]12C. The van der Waals surface area contributed by atoms with Crippen LogP contribution in [0.2, 0.25) is 0 Å². The fourth-order valence-electron chi connectivity index (χ4n) is 11.9. The zero-order chi connectivity index (χ0) is 34.7. The molecule has 4 fully saturated rings. The number of hydrogen-bond acceptors (Lipinski definition) is 5. The van der Waals surface area contributed by atoms with Crippen LogP contribution >= 0.6 is 8.08 Å². The molecule has 4 aliphatic rings. The summed E-state index contributed by atoms with van der Waals surface area (Å²) in [5.41, 5.74) is 2.64. The van der Waals surface area contributed by atoms with Crippen LogP contribution < -0.4 is 4.52 Å². The highest BCUT2D eigenvalue weighted by Crippen LogP contribution is 2.69. The number of carbonyl (C=O) groups is 2. The molecule has 0 N–H and O–H groups in total. The lowest BCUT2D eigenvalue weighted by atomic mass is 9.43. The van der Waals surface area contributed by atoms with E-state index in [1.54, 1.807) is 6.92 Å². The Balaban J connectivity index is 1.32. The quantitative estimate of drug-likeness (QED) is 0.232. The maximum absolute atomic E-state index is 12.3. The molecule has 49 heavy (non-hydrogen) atoms. The zero-order valence-corrected chi connectivity index (χ0v) is 31.6. The van der Waals surface area contributed by atoms with E-state index >= 15 is 0 Å². The molecule has 2 aromatic carbocycles. The van der Waals surface area contributed by atoms with Crippen molar-refractivity contribution in [3.63, 3.8) is 0 Å². The van der Waals surface area contributed by atoms with Crippen molar-refractivity contribution < 1.29 is 23.6 Å². The van der Waals surface area contributed by atoms with Gasteiger partial charge in [-0.3, -0.25) is 18.2 Å². The van der Waals surface area contributed by atoms with E-state index in [0.717, 1.165) is 32.1 Å². The molecule has 0 amide bonds. The van der Waals surface area contributed by atoms with Gasteiger partial charge >= 0.3 is 11.9 Å². The number of ether oxygens (including phenoxy) is 2. The molecule has 1 aromatic heterocycles. The van der Waals surface area contributed by atoms with Gasteiger partial charge in [-0.1, -0.05) is 57.2 Å². The Labute approximate surface area is 293 Å². The Morgan fingerprint density at radius 2 is 1.55 bits per heavy atom. The van der Waals surface area contributed by atoms with E-state index in [1.165, 1.54) is 54.6 Å². The van der Waals surface area contributed by atoms with E-state index in [1.807, 2.05) is 0 Å². The third-order valence-electron chi connectivity index (χ3n) is 14.3. The molecule has 8 heteroatoms. The Bertz CT molecular complexity index is 1710. The Hall–Kier alpha value is -2.76. The van der Waals surface area contributed by atoms with E-state index in [2.05, 4.69) is 92.1 Å². The molecule has 10 atom stereocenters. The van der Waals surface area contributed by atoms with Crippen LogP contribution in [0.3, 0.4) is 0 Å². The van der Waals surface area contributed by atoms with Crippen molar-refractivity contribution in [2.45, 2.75) is 104 Å². The largest absolute Gasteiger partial charge is 0.469 e. The number of nitrogens with zero attached hydrogens (tertiary/aromatic N) is 2. The normalized spacial score (nSPS) is 34.5. The highest BCUT2D eigenvalue weighted by atomic mass is 31.1. The summed E-state index contributed by atoms with van der Waals surface area (Å²) in [5.74, 6) is 3.04. The van der Waals surface area contributed by atoms with E-state index < -0.39 is 8.08 Å². The van der Waals surface area contributed by atoms with Crippen molar-refractivity contribution in [3.05, 3.63) is 48.5 Å². The summed E-state index contributed by atoms with van der Waals surface area (Å²) in [5, 5.41) is 2.49. The molecule has 0 spiro atoms. The van der Waals surface area contributed by atoms with Gasteiger partial charge in [-0.15, -0.1) is 0 Å². The maximum atomic E-state index is 12.3. The van der Waals surface area contributed by atoms with Gasteiger partial charge in [-0.2, -0.15) is 0 Å². The predicted octanol–water partition coefficient (Wildman–Crippen LogP) is 9.37. The number of hydrogen-bond donors (Lipinski definition) is 0. The number of aromatic nitrogens is 2. The lowest BCUT2D eigenvalue weighted by Gasteiger charge is -2.63. The smallest absolute Gasteiger partial charge is 0.305 e. The van der Waals surface area contributed by atoms with Crippen LogP contribution in [0.5, 0.6) is 0 Å². The van der Waals surface area contributed by atoms with Crippen LogP contribution in [0.25, 0.3) is 21.8 Å². The first-order chi connectivity index (χ1) is 23.5. The lowest BCUT2D eigenvalue weighted by molar-refractivity contribution is -0.171. The van der Waals surface area contributed by atoms with Gasteiger partial charge in [0.2, 0.25) is 0 Å². The first-order valence-corrected chi connectivity index (χ1v) is 20.0. The van der Waals surface area contributed by atoms with Crippen molar-refractivity contribution in [2.24, 2.45) is 60.4 Å². The summed E-state index contributed by atoms with van der Waals surface area (Å²) >= 11 is 0. The Morgan fingerprint density at radius 1 is 0.898 bits per heavy atom. The highest BCUT2D eigenvalue weighted by molar-refractivity contribution is 7.37. The van der Waals surface area contributed by atoms with Gasteiger partial charge in [-0.05, 0) is 111 Å². The summed E-state index contributed by atoms with van der Waals surface area (Å²) in [7, 11) is 4.77. The minimum absolute atomic E-state index is 0.00416. The number of carbonyl (C=O) groups excluding carboxylic acids is 2. The van der Waals surface area contributed by atoms with E-state index in [0.29, 0.717) is 41.9 Å². The fraction of sp³-hybridized carbons (Fsp3) is 0.659. The van der Waals surface area contributed by atoms with Crippen molar-refractivity contribution in [3.8, 4) is 0 Å². The third kappa shape index (κ3) is 5.85. The Morgan fingerprint density at radius 3 is 2.18 bits per heavy atom. The minimum atomic E-state index is -1.17. The van der Waals surface area contributed by atoms with Crippen molar-refractivity contribution in [2.75, 3.05) is 7.11 Å². The molecule has 4 aliphatic carbocycles. The molecule has 4 saturated carbocycles. The summed E-state index contributed by atoms with van der Waals surface area (Å²) in [6.07, 6.45) is 10.5. The van der Waals surface area contributed by atoms with Gasteiger partial charge in [0, 0.05) is 43.6 Å². The first-order valence-electron chi connectivity index (χ1n) is 18.8. The van der Waals surface area contributed by atoms with Gasteiger partial charge < -0.3 is 14.0 Å². The predicted molar refractivity (Wildman–Crippen MR) is 197 cm³/mol. The van der Waals surface area contributed by atoms with Crippen LogP contribution in [0.1, 0.15) is 91.9 Å². The first kappa shape index (κ1) is 34.7. The van der Waals surface area contributed by atoms with Crippen molar-refractivity contribution in [1.82, 2.24) is 8.66 Å². The number of benzene rings is 2. The topological polar surface area (TPSA) is 71.7 Å². The number of methoxy groups -OCH3 is 1. The summed E-state index contributed by atoms with van der Waals surface area (Å²) in [6, 6.07) is 17.5. The van der Waals surface area contributed by atoms with Crippen molar-refractivity contribution in [1.29, 1.82) is 0 Å². The molecule has 7 rings (SSSR count). The fourth-order valence-corrected chi connectivity index (χ4v) is 13.8. The molecule has 1 heterocycles. The number of para-hydroxylation sites is 2. The molecule has 3 aromatic rings. The molecular formula is C41H57N2O5P. The van der Waals surface area contributed by atoms with Crippen LogP contribution in [-0.2, 0) is 33.2 Å². The molecule has 266 valence electrons. The van der Waals surface area contributed by atoms with Crippen LogP contribution in [-0.4, -0.2) is 39.9 Å². The molecular weight excluding hydrogens is 631 g/mol. The second-order valence-electron chi connectivity index (χ2n) is 16.5. The van der Waals surface area contributed by atoms with Crippen LogP contribution in [0, 0.1) is 46.3 Å². The van der Waals surface area contributed by atoms with Crippen LogP contribution in [0.4, 0.5) is 0 Å². The lowest BCUT2D eigenvalue weighted by Crippen LogP contribution is -2.60. The van der Waals surface area contributed by atoms with E-state index in [9.17, 15) is 9.59 Å². The van der Waals surface area contributed by atoms with E-state index in [-0.39, 0.29) is 35.0 Å². The number of esters is 2.